The molecule has 4 aliphatic rings. The molecule has 1 unspecified atom stereocenters. The number of nitrogens with one attached hydrogen (secondary N) is 1. The number of benzene rings is 1. The summed E-state index contributed by atoms with van der Waals surface area (Å²) in [5, 5.41) is 3.18. The first-order valence-electron chi connectivity index (χ1n) is 18.9. The third-order valence-corrected chi connectivity index (χ3v) is 15.0. The number of rotatable bonds is 13. The van der Waals surface area contributed by atoms with Crippen LogP contribution < -0.4 is 14.2 Å². The Hall–Kier alpha value is -3.29. The molecule has 11 nitrogen and oxygen atoms in total. The first-order valence-corrected chi connectivity index (χ1v) is 21.7. The van der Waals surface area contributed by atoms with Gasteiger partial charge >= 0.3 is 0 Å². The molecule has 2 aliphatic heterocycles. The van der Waals surface area contributed by atoms with Gasteiger partial charge in [-0.25, -0.2) is 18.4 Å². The second-order valence-corrected chi connectivity index (χ2v) is 19.2. The standard InChI is InChI=1S/C39H49ClN4O7S2/c1-7-22-17-39(22,38(47)43-53(48,49)23-11-12-23)18-30(45)29-16-33(28-10-8-9-24(20(2)3)37(46)44(28)29)51-32-15-26(36-42-27(19-52-36)21(4)5)41-35-25(32)13-14-31(50-6)34(35)40/h13-15,19-24,28-29,33H,7-12,16-18H2,1-6H3,(H,43,47)/t22-,24?,28-,29+,33-,39-/m1/s1. The normalized spacial score (nSPS) is 27.2. The zero-order valence-electron chi connectivity index (χ0n) is 31.2. The Bertz CT molecular complexity index is 2050. The fourth-order valence-electron chi connectivity index (χ4n) is 8.45. The average molecular weight is 785 g/mol. The number of carbonyl (C=O) groups is 3. The van der Waals surface area contributed by atoms with Crippen LogP contribution in [0.25, 0.3) is 21.6 Å². The van der Waals surface area contributed by atoms with Gasteiger partial charge < -0.3 is 14.4 Å². The van der Waals surface area contributed by atoms with Crippen molar-refractivity contribution in [3.05, 3.63) is 34.3 Å². The molecule has 4 heterocycles. The second kappa shape index (κ2) is 14.4. The molecule has 0 spiro atoms. The Kier molecular flexibility index (Phi) is 10.3. The first kappa shape index (κ1) is 38.0. The lowest BCUT2D eigenvalue weighted by molar-refractivity contribution is -0.144. The lowest BCUT2D eigenvalue weighted by Gasteiger charge is -2.32. The molecular formula is C39H49ClN4O7S2. The van der Waals surface area contributed by atoms with Crippen molar-refractivity contribution in [2.45, 2.75) is 122 Å². The van der Waals surface area contributed by atoms with E-state index in [1.165, 1.54) is 11.3 Å². The minimum atomic E-state index is -3.78. The lowest BCUT2D eigenvalue weighted by Crippen LogP contribution is -2.49. The Labute approximate surface area is 320 Å². The monoisotopic (exact) mass is 784 g/mol. The number of aromatic nitrogens is 2. The molecule has 0 radical (unpaired) electrons. The van der Waals surface area contributed by atoms with Gasteiger partial charge in [-0.2, -0.15) is 0 Å². The first-order chi connectivity index (χ1) is 25.2. The Balaban J connectivity index is 1.24. The number of hydrogen-bond donors (Lipinski definition) is 1. The number of amides is 2. The van der Waals surface area contributed by atoms with Crippen LogP contribution in [0.2, 0.25) is 5.02 Å². The molecule has 2 aromatic heterocycles. The minimum Gasteiger partial charge on any atom is -0.495 e. The van der Waals surface area contributed by atoms with E-state index in [0.717, 1.165) is 12.1 Å². The van der Waals surface area contributed by atoms with Gasteiger partial charge in [-0.3, -0.25) is 19.1 Å². The third kappa shape index (κ3) is 7.06. The SMILES string of the molecule is CC[C@@H]1C[C@]1(CC(=O)[C@@H]1C[C@@H](Oc2cc(-c3nc(C(C)C)cs3)nc3c(Cl)c(OC)ccc23)[C@H]2CCCC(C(C)C)C(=O)N21)C(=O)NS(=O)(=O)C1CC1. The molecule has 6 atom stereocenters. The summed E-state index contributed by atoms with van der Waals surface area (Å²) in [6.45, 7) is 10.2. The van der Waals surface area contributed by atoms with Crippen LogP contribution in [-0.2, 0) is 24.4 Å². The molecule has 4 fully saturated rings. The number of Topliss-reactive ketones (excluding diaryl/α,β-unsaturated/α-hetero) is 1. The number of ketones is 1. The van der Waals surface area contributed by atoms with Gasteiger partial charge in [-0.15, -0.1) is 11.3 Å². The number of nitrogens with zero attached hydrogens (tertiary/aromatic N) is 3. The molecule has 286 valence electrons. The fraction of sp³-hybridized carbons (Fsp3) is 0.615. The second-order valence-electron chi connectivity index (χ2n) is 16.0. The van der Waals surface area contributed by atoms with Crippen molar-refractivity contribution in [1.82, 2.24) is 19.6 Å². The maximum absolute atomic E-state index is 14.6. The molecule has 53 heavy (non-hydrogen) atoms. The largest absolute Gasteiger partial charge is 0.495 e. The van der Waals surface area contributed by atoms with Crippen molar-refractivity contribution in [2.75, 3.05) is 7.11 Å². The molecule has 2 aliphatic carbocycles. The van der Waals surface area contributed by atoms with E-state index in [9.17, 15) is 22.8 Å². The summed E-state index contributed by atoms with van der Waals surface area (Å²) in [5.74, 6) is 0.0346. The van der Waals surface area contributed by atoms with Gasteiger partial charge in [0.05, 0.1) is 41.1 Å². The summed E-state index contributed by atoms with van der Waals surface area (Å²) < 4.78 is 40.4. The third-order valence-electron chi connectivity index (χ3n) is 11.9. The van der Waals surface area contributed by atoms with Crippen LogP contribution in [0.4, 0.5) is 0 Å². The number of hydrogen-bond acceptors (Lipinski definition) is 10. The number of thiazole rings is 1. The van der Waals surface area contributed by atoms with Crippen molar-refractivity contribution < 1.29 is 32.3 Å². The van der Waals surface area contributed by atoms with Crippen molar-refractivity contribution in [3.63, 3.8) is 0 Å². The molecule has 2 saturated heterocycles. The molecular weight excluding hydrogens is 736 g/mol. The van der Waals surface area contributed by atoms with Gasteiger partial charge in [-0.1, -0.05) is 59.1 Å². The Morgan fingerprint density at radius 2 is 1.87 bits per heavy atom. The van der Waals surface area contributed by atoms with E-state index >= 15 is 0 Å². The molecule has 7 rings (SSSR count). The minimum absolute atomic E-state index is 0.0679. The molecule has 3 aromatic rings. The highest BCUT2D eigenvalue weighted by Crippen LogP contribution is 2.58. The lowest BCUT2D eigenvalue weighted by atomic mass is 9.88. The van der Waals surface area contributed by atoms with Crippen molar-refractivity contribution in [1.29, 1.82) is 0 Å². The van der Waals surface area contributed by atoms with Crippen LogP contribution in [0, 0.1) is 23.2 Å². The quantitative estimate of drug-likeness (QED) is 0.189. The maximum Gasteiger partial charge on any atom is 0.240 e. The summed E-state index contributed by atoms with van der Waals surface area (Å²) in [6.07, 6.45) is 3.87. The summed E-state index contributed by atoms with van der Waals surface area (Å²) in [4.78, 5) is 54.2. The predicted molar refractivity (Wildman–Crippen MR) is 205 cm³/mol. The van der Waals surface area contributed by atoms with E-state index in [2.05, 4.69) is 18.6 Å². The topological polar surface area (TPSA) is 145 Å². The molecule has 0 bridgehead atoms. The molecule has 14 heteroatoms. The number of sulfonamides is 1. The maximum atomic E-state index is 14.6. The van der Waals surface area contributed by atoms with E-state index in [1.54, 1.807) is 18.1 Å². The van der Waals surface area contributed by atoms with Gasteiger partial charge in [0.15, 0.2) is 5.78 Å². The number of carbonyl (C=O) groups excluding carboxylic acids is 3. The van der Waals surface area contributed by atoms with Crippen LogP contribution in [0.3, 0.4) is 0 Å². The number of pyridine rings is 1. The van der Waals surface area contributed by atoms with Crippen LogP contribution in [0.5, 0.6) is 11.5 Å². The van der Waals surface area contributed by atoms with E-state index < -0.39 is 38.7 Å². The van der Waals surface area contributed by atoms with E-state index in [4.69, 9.17) is 31.0 Å². The molecule has 2 saturated carbocycles. The summed E-state index contributed by atoms with van der Waals surface area (Å²) >= 11 is 8.34. The summed E-state index contributed by atoms with van der Waals surface area (Å²) in [6, 6.07) is 4.28. The zero-order valence-corrected chi connectivity index (χ0v) is 33.6. The van der Waals surface area contributed by atoms with E-state index in [0.29, 0.717) is 76.7 Å². The molecule has 2 amide bonds. The van der Waals surface area contributed by atoms with Crippen LogP contribution in [-0.4, -0.2) is 71.4 Å². The Morgan fingerprint density at radius 1 is 1.11 bits per heavy atom. The predicted octanol–water partition coefficient (Wildman–Crippen LogP) is 7.30. The average Bonchev–Trinajstić information content (AvgIpc) is 4.02. The number of fused-ring (bicyclic) bond motifs is 2. The van der Waals surface area contributed by atoms with Gasteiger partial charge in [0.2, 0.25) is 21.8 Å². The van der Waals surface area contributed by atoms with Crippen LogP contribution in [0.1, 0.15) is 104 Å². The number of halogens is 1. The highest BCUT2D eigenvalue weighted by Gasteiger charge is 2.62. The number of ether oxygens (including phenoxy) is 2. The highest BCUT2D eigenvalue weighted by atomic mass is 35.5. The smallest absolute Gasteiger partial charge is 0.240 e. The van der Waals surface area contributed by atoms with Crippen LogP contribution >= 0.6 is 22.9 Å². The van der Waals surface area contributed by atoms with Gasteiger partial charge in [0, 0.05) is 35.6 Å². The zero-order chi connectivity index (χ0) is 38.0. The van der Waals surface area contributed by atoms with Gasteiger partial charge in [-0.05, 0) is 62.0 Å². The van der Waals surface area contributed by atoms with Crippen molar-refractivity contribution in [2.24, 2.45) is 23.2 Å². The molecule has 1 N–H and O–H groups in total. The van der Waals surface area contributed by atoms with Crippen LogP contribution in [0.15, 0.2) is 23.6 Å². The van der Waals surface area contributed by atoms with E-state index in [-0.39, 0.29) is 54.2 Å². The van der Waals surface area contributed by atoms with Gasteiger partial charge in [0.25, 0.3) is 0 Å². The van der Waals surface area contributed by atoms with Gasteiger partial charge in [0.1, 0.15) is 33.3 Å². The number of methoxy groups -OCH3 is 1. The summed E-state index contributed by atoms with van der Waals surface area (Å²) in [7, 11) is -2.23. The Morgan fingerprint density at radius 3 is 2.49 bits per heavy atom. The fourth-order valence-corrected chi connectivity index (χ4v) is 11.1. The summed E-state index contributed by atoms with van der Waals surface area (Å²) in [5.41, 5.74) is 0.927. The van der Waals surface area contributed by atoms with Crippen molar-refractivity contribution >= 4 is 61.5 Å². The van der Waals surface area contributed by atoms with Crippen molar-refractivity contribution in [3.8, 4) is 22.2 Å². The van der Waals surface area contributed by atoms with E-state index in [1.807, 2.05) is 38.3 Å². The highest BCUT2D eigenvalue weighted by molar-refractivity contribution is 7.90. The molecule has 1 aromatic carbocycles.